The van der Waals surface area contributed by atoms with Crippen LogP contribution >= 0.6 is 0 Å². The first kappa shape index (κ1) is 17.5. The zero-order valence-electron chi connectivity index (χ0n) is 14.9. The number of H-pyrrole nitrogens is 1. The van der Waals surface area contributed by atoms with Gasteiger partial charge in [-0.1, -0.05) is 20.8 Å². The van der Waals surface area contributed by atoms with Gasteiger partial charge >= 0.3 is 0 Å². The SMILES string of the molecule is CC(C)(C)c1cc(F)ccc1OC1CCN(C(=O)c2cnc[nH]2)CC1. The first-order chi connectivity index (χ1) is 11.8. The number of aromatic nitrogens is 2. The van der Waals surface area contributed by atoms with Crippen LogP contribution in [0.15, 0.2) is 30.7 Å². The highest BCUT2D eigenvalue weighted by Gasteiger charge is 2.27. The minimum absolute atomic E-state index is 0.0254. The normalized spacial score (nSPS) is 16.1. The second-order valence-electron chi connectivity index (χ2n) is 7.47. The molecule has 0 spiro atoms. The summed E-state index contributed by atoms with van der Waals surface area (Å²) < 4.78 is 19.8. The molecule has 2 heterocycles. The molecule has 25 heavy (non-hydrogen) atoms. The highest BCUT2D eigenvalue weighted by atomic mass is 19.1. The van der Waals surface area contributed by atoms with Crippen LogP contribution in [0, 0.1) is 5.82 Å². The summed E-state index contributed by atoms with van der Waals surface area (Å²) in [5, 5.41) is 0. The molecule has 1 aromatic heterocycles. The molecule has 1 N–H and O–H groups in total. The quantitative estimate of drug-likeness (QED) is 0.926. The van der Waals surface area contributed by atoms with Gasteiger partial charge in [-0.2, -0.15) is 0 Å². The smallest absolute Gasteiger partial charge is 0.271 e. The second kappa shape index (κ2) is 6.86. The lowest BCUT2D eigenvalue weighted by molar-refractivity contribution is 0.0587. The number of rotatable bonds is 3. The minimum Gasteiger partial charge on any atom is -0.490 e. The molecule has 3 rings (SSSR count). The van der Waals surface area contributed by atoms with Gasteiger partial charge in [0.2, 0.25) is 0 Å². The topological polar surface area (TPSA) is 58.2 Å². The zero-order valence-corrected chi connectivity index (χ0v) is 14.9. The van der Waals surface area contributed by atoms with Crippen LogP contribution in [0.4, 0.5) is 4.39 Å². The second-order valence-corrected chi connectivity index (χ2v) is 7.47. The predicted molar refractivity (Wildman–Crippen MR) is 93.2 cm³/mol. The van der Waals surface area contributed by atoms with Crippen LogP contribution in [0.2, 0.25) is 0 Å². The molecule has 1 fully saturated rings. The molecule has 6 heteroatoms. The summed E-state index contributed by atoms with van der Waals surface area (Å²) in [5.74, 6) is 0.442. The molecule has 0 bridgehead atoms. The Bertz CT molecular complexity index is 730. The van der Waals surface area contributed by atoms with Gasteiger partial charge in [0.15, 0.2) is 0 Å². The van der Waals surface area contributed by atoms with E-state index in [2.05, 4.69) is 9.97 Å². The maximum Gasteiger partial charge on any atom is 0.271 e. The van der Waals surface area contributed by atoms with Crippen molar-refractivity contribution in [2.24, 2.45) is 0 Å². The van der Waals surface area contributed by atoms with Crippen molar-refractivity contribution in [3.8, 4) is 5.75 Å². The Morgan fingerprint density at radius 2 is 2.04 bits per heavy atom. The van der Waals surface area contributed by atoms with Gasteiger partial charge in [-0.25, -0.2) is 9.37 Å². The molecule has 1 aliphatic rings. The first-order valence-electron chi connectivity index (χ1n) is 8.59. The molecule has 0 saturated carbocycles. The molecule has 0 radical (unpaired) electrons. The maximum atomic E-state index is 13.6. The van der Waals surface area contributed by atoms with Crippen molar-refractivity contribution in [2.75, 3.05) is 13.1 Å². The maximum absolute atomic E-state index is 13.6. The number of imidazole rings is 1. The van der Waals surface area contributed by atoms with Crippen LogP contribution < -0.4 is 4.74 Å². The Hall–Kier alpha value is -2.37. The van der Waals surface area contributed by atoms with E-state index in [4.69, 9.17) is 4.74 Å². The summed E-state index contributed by atoms with van der Waals surface area (Å²) in [6.07, 6.45) is 4.57. The monoisotopic (exact) mass is 345 g/mol. The number of benzene rings is 1. The third kappa shape index (κ3) is 4.00. The number of piperidine rings is 1. The molecule has 0 unspecified atom stereocenters. The molecule has 134 valence electrons. The molecular formula is C19H24FN3O2. The van der Waals surface area contributed by atoms with E-state index in [0.29, 0.717) is 18.8 Å². The van der Waals surface area contributed by atoms with E-state index in [1.807, 2.05) is 25.7 Å². The number of halogens is 1. The number of hydrogen-bond donors (Lipinski definition) is 1. The number of likely N-dealkylation sites (tertiary alicyclic amines) is 1. The number of aromatic amines is 1. The van der Waals surface area contributed by atoms with Gasteiger partial charge < -0.3 is 14.6 Å². The highest BCUT2D eigenvalue weighted by Crippen LogP contribution is 2.33. The molecule has 1 aliphatic heterocycles. The Morgan fingerprint density at radius 3 is 2.64 bits per heavy atom. The zero-order chi connectivity index (χ0) is 18.0. The predicted octanol–water partition coefficient (Wildman–Crippen LogP) is 3.53. The number of ether oxygens (including phenoxy) is 1. The van der Waals surface area contributed by atoms with E-state index in [0.717, 1.165) is 24.2 Å². The van der Waals surface area contributed by atoms with Crippen molar-refractivity contribution in [1.29, 1.82) is 0 Å². The van der Waals surface area contributed by atoms with Gasteiger partial charge in [0.25, 0.3) is 5.91 Å². The van der Waals surface area contributed by atoms with E-state index in [1.54, 1.807) is 18.3 Å². The molecule has 1 saturated heterocycles. The number of amides is 1. The van der Waals surface area contributed by atoms with Crippen molar-refractivity contribution in [2.45, 2.75) is 45.1 Å². The van der Waals surface area contributed by atoms with E-state index >= 15 is 0 Å². The minimum atomic E-state index is -0.253. The fourth-order valence-corrected chi connectivity index (χ4v) is 3.09. The fourth-order valence-electron chi connectivity index (χ4n) is 3.09. The molecule has 1 aromatic carbocycles. The lowest BCUT2D eigenvalue weighted by Gasteiger charge is -2.33. The van der Waals surface area contributed by atoms with Crippen molar-refractivity contribution >= 4 is 5.91 Å². The van der Waals surface area contributed by atoms with Crippen LogP contribution in [-0.2, 0) is 5.41 Å². The highest BCUT2D eigenvalue weighted by molar-refractivity contribution is 5.92. The Kier molecular flexibility index (Phi) is 4.79. The Balaban J connectivity index is 1.64. The molecule has 1 amide bonds. The van der Waals surface area contributed by atoms with Gasteiger partial charge in [-0.05, 0) is 23.6 Å². The van der Waals surface area contributed by atoms with E-state index in [1.165, 1.54) is 12.4 Å². The number of nitrogens with zero attached hydrogens (tertiary/aromatic N) is 2. The van der Waals surface area contributed by atoms with Crippen LogP contribution in [0.5, 0.6) is 5.75 Å². The van der Waals surface area contributed by atoms with Crippen LogP contribution in [0.3, 0.4) is 0 Å². The molecule has 0 aliphatic carbocycles. The molecule has 5 nitrogen and oxygen atoms in total. The number of carbonyl (C=O) groups excluding carboxylic acids is 1. The number of hydrogen-bond acceptors (Lipinski definition) is 3. The van der Waals surface area contributed by atoms with Gasteiger partial charge in [-0.3, -0.25) is 4.79 Å². The summed E-state index contributed by atoms with van der Waals surface area (Å²) in [7, 11) is 0. The largest absolute Gasteiger partial charge is 0.490 e. The lowest BCUT2D eigenvalue weighted by atomic mass is 9.86. The van der Waals surface area contributed by atoms with E-state index in [9.17, 15) is 9.18 Å². The summed E-state index contributed by atoms with van der Waals surface area (Å²) in [5.41, 5.74) is 1.17. The van der Waals surface area contributed by atoms with Crippen molar-refractivity contribution in [3.05, 3.63) is 47.8 Å². The molecule has 2 aromatic rings. The number of carbonyl (C=O) groups is 1. The van der Waals surface area contributed by atoms with Gasteiger partial charge in [0, 0.05) is 31.5 Å². The summed E-state index contributed by atoms with van der Waals surface area (Å²) in [6.45, 7) is 7.39. The van der Waals surface area contributed by atoms with Crippen molar-refractivity contribution < 1.29 is 13.9 Å². The summed E-state index contributed by atoms with van der Waals surface area (Å²) in [4.78, 5) is 20.9. The van der Waals surface area contributed by atoms with Crippen molar-refractivity contribution in [3.63, 3.8) is 0 Å². The average molecular weight is 345 g/mol. The third-order valence-corrected chi connectivity index (χ3v) is 4.50. The Labute approximate surface area is 147 Å². The third-order valence-electron chi connectivity index (χ3n) is 4.50. The van der Waals surface area contributed by atoms with Gasteiger partial charge in [-0.15, -0.1) is 0 Å². The molecule has 0 atom stereocenters. The van der Waals surface area contributed by atoms with Crippen molar-refractivity contribution in [1.82, 2.24) is 14.9 Å². The fraction of sp³-hybridized carbons (Fsp3) is 0.474. The van der Waals surface area contributed by atoms with E-state index in [-0.39, 0.29) is 23.2 Å². The van der Waals surface area contributed by atoms with Crippen LogP contribution in [0.25, 0.3) is 0 Å². The summed E-state index contributed by atoms with van der Waals surface area (Å²) >= 11 is 0. The van der Waals surface area contributed by atoms with Crippen LogP contribution in [0.1, 0.15) is 49.7 Å². The first-order valence-corrected chi connectivity index (χ1v) is 8.59. The van der Waals surface area contributed by atoms with Gasteiger partial charge in [0.05, 0.1) is 12.5 Å². The lowest BCUT2D eigenvalue weighted by Crippen LogP contribution is -2.42. The Morgan fingerprint density at radius 1 is 1.32 bits per heavy atom. The standard InChI is InChI=1S/C19H24FN3O2/c1-19(2,3)15-10-13(20)4-5-17(15)25-14-6-8-23(9-7-14)18(24)16-11-21-12-22-16/h4-5,10-12,14H,6-9H2,1-3H3,(H,21,22). The molecular weight excluding hydrogens is 321 g/mol. The van der Waals surface area contributed by atoms with Gasteiger partial charge in [0.1, 0.15) is 23.4 Å². The number of nitrogens with one attached hydrogen (secondary N) is 1. The summed E-state index contributed by atoms with van der Waals surface area (Å²) in [6, 6.07) is 4.69. The van der Waals surface area contributed by atoms with Crippen LogP contribution in [-0.4, -0.2) is 40.0 Å². The average Bonchev–Trinajstić information content (AvgIpc) is 3.10. The van der Waals surface area contributed by atoms with E-state index < -0.39 is 0 Å².